The first-order chi connectivity index (χ1) is 13.1. The number of nitrogens with zero attached hydrogens (tertiary/aromatic N) is 2. The van der Waals surface area contributed by atoms with E-state index in [4.69, 9.17) is 4.99 Å². The van der Waals surface area contributed by atoms with Gasteiger partial charge in [-0.2, -0.15) is 4.99 Å². The van der Waals surface area contributed by atoms with Crippen LogP contribution >= 0.6 is 11.3 Å². The Morgan fingerprint density at radius 1 is 0.933 bits per heavy atom. The largest absolute Gasteiger partial charge is 0.332 e. The zero-order valence-corrected chi connectivity index (χ0v) is 23.1. The fourth-order valence-electron chi connectivity index (χ4n) is 5.24. The Balaban J connectivity index is 2.68. The Kier molecular flexibility index (Phi) is 6.09. The molecule has 1 aromatic rings. The maximum atomic E-state index is 13.2. The molecule has 0 spiro atoms. The van der Waals surface area contributed by atoms with Gasteiger partial charge in [0.15, 0.2) is 4.80 Å². The van der Waals surface area contributed by atoms with E-state index in [1.807, 2.05) is 0 Å². The first kappa shape index (κ1) is 25.9. The highest BCUT2D eigenvalue weighted by Crippen LogP contribution is 2.68. The summed E-state index contributed by atoms with van der Waals surface area (Å²) in [6.07, 6.45) is 0. The van der Waals surface area contributed by atoms with Crippen molar-refractivity contribution in [1.29, 1.82) is 0 Å². The lowest BCUT2D eigenvalue weighted by atomic mass is 9.12. The van der Waals surface area contributed by atoms with Crippen LogP contribution in [0.25, 0.3) is 0 Å². The third-order valence-corrected chi connectivity index (χ3v) is 11.3. The number of rotatable bonds is 5. The molecule has 0 atom stereocenters. The van der Waals surface area contributed by atoms with Crippen molar-refractivity contribution in [1.82, 2.24) is 4.57 Å². The first-order valence-corrected chi connectivity index (χ1v) is 12.2. The van der Waals surface area contributed by atoms with Crippen molar-refractivity contribution in [3.8, 4) is 0 Å². The molecule has 3 nitrogen and oxygen atoms in total. The average molecular weight is 417 g/mol. The fourth-order valence-corrected chi connectivity index (χ4v) is 6.35. The smallest absolute Gasteiger partial charge is 0.252 e. The van der Waals surface area contributed by atoms with Crippen LogP contribution in [0.3, 0.4) is 0 Å². The van der Waals surface area contributed by atoms with Crippen molar-refractivity contribution in [2.45, 2.75) is 69.4 Å². The quantitative estimate of drug-likeness (QED) is 0.455. The monoisotopic (exact) mass is 418 g/mol. The van der Waals surface area contributed by atoms with E-state index in [0.29, 0.717) is 0 Å². The molecule has 30 heavy (non-hydrogen) atoms. The second-order valence-electron chi connectivity index (χ2n) is 13.2. The minimum atomic E-state index is -0.230. The Labute approximate surface area is 195 Å². The normalized spacial score (nSPS) is 20.3. The lowest BCUT2D eigenvalue weighted by molar-refractivity contribution is -0.120. The second-order valence-corrected chi connectivity index (χ2v) is 14.4. The van der Waals surface area contributed by atoms with Gasteiger partial charge in [-0.15, -0.1) is 16.6 Å². The Morgan fingerprint density at radius 2 is 1.37 bits per heavy atom. The molecule has 0 radical (unpaired) electrons. The van der Waals surface area contributed by atoms with Gasteiger partial charge in [-0.1, -0.05) is 45.0 Å². The molecule has 12 heteroatoms. The standard InChI is InChI=1S/C18H38B8N2OS/c1-8-9(2)30-12(27-11(29)10-13(3,4)14(10,5)6)28(8)18(25,26)17(23,24)16(21,22)15(7,19)20/h10H,19-26H2,1-7H3/b27-12-. The van der Waals surface area contributed by atoms with Crippen LogP contribution < -0.4 is 4.80 Å². The highest BCUT2D eigenvalue weighted by atomic mass is 32.1. The van der Waals surface area contributed by atoms with Gasteiger partial charge in [0.1, 0.15) is 15.7 Å². The summed E-state index contributed by atoms with van der Waals surface area (Å²) in [6.45, 7) is 15.4. The topological polar surface area (TPSA) is 34.4 Å². The Morgan fingerprint density at radius 3 is 1.73 bits per heavy atom. The zero-order valence-electron chi connectivity index (χ0n) is 22.3. The number of amides is 1. The third-order valence-electron chi connectivity index (χ3n) is 10.3. The molecule has 1 aliphatic carbocycles. The van der Waals surface area contributed by atoms with Crippen LogP contribution in [-0.2, 0) is 10.1 Å². The molecule has 0 saturated heterocycles. The maximum absolute atomic E-state index is 13.2. The van der Waals surface area contributed by atoms with Crippen molar-refractivity contribution in [2.24, 2.45) is 21.7 Å². The van der Waals surface area contributed by atoms with Crippen molar-refractivity contribution < 1.29 is 4.79 Å². The number of carbonyl (C=O) groups is 1. The van der Waals surface area contributed by atoms with Crippen LogP contribution in [-0.4, -0.2) is 73.2 Å². The van der Waals surface area contributed by atoms with Gasteiger partial charge >= 0.3 is 0 Å². The van der Waals surface area contributed by atoms with E-state index in [1.165, 1.54) is 10.6 Å². The highest BCUT2D eigenvalue weighted by molar-refractivity contribution is 7.09. The van der Waals surface area contributed by atoms with Gasteiger partial charge in [0.25, 0.3) is 5.91 Å². The highest BCUT2D eigenvalue weighted by Gasteiger charge is 2.68. The van der Waals surface area contributed by atoms with E-state index in [1.54, 1.807) is 11.3 Å². The molecular weight excluding hydrogens is 379 g/mol. The van der Waals surface area contributed by atoms with Gasteiger partial charge in [-0.3, -0.25) is 4.79 Å². The van der Waals surface area contributed by atoms with Gasteiger partial charge in [-0.05, 0) is 30.0 Å². The lowest BCUT2D eigenvalue weighted by Crippen LogP contribution is -2.59. The first-order valence-electron chi connectivity index (χ1n) is 11.3. The molecule has 1 aliphatic rings. The molecule has 0 bridgehead atoms. The lowest BCUT2D eigenvalue weighted by Gasteiger charge is -2.60. The fraction of sp³-hybridized carbons (Fsp3) is 0.778. The molecule has 0 N–H and O–H groups in total. The zero-order chi connectivity index (χ0) is 23.9. The third kappa shape index (κ3) is 3.42. The Bertz CT molecular complexity index is 923. The van der Waals surface area contributed by atoms with Crippen LogP contribution in [0, 0.1) is 30.6 Å². The van der Waals surface area contributed by atoms with Gasteiger partial charge in [0, 0.05) is 10.6 Å². The SMILES string of the molecule is BC(B)(C)C(B)(B)C(B)(B)C(B)(B)n1c(C)c(C)s/c1=N\C(=O)C1C(C)(C)C1(C)C. The number of aromatic nitrogens is 1. The molecule has 156 valence electrons. The maximum Gasteiger partial charge on any atom is 0.252 e. The molecule has 0 aliphatic heterocycles. The van der Waals surface area contributed by atoms with Crippen molar-refractivity contribution >= 4 is 80.0 Å². The van der Waals surface area contributed by atoms with Crippen LogP contribution in [0.5, 0.6) is 0 Å². The molecule has 1 heterocycles. The van der Waals surface area contributed by atoms with Crippen LogP contribution in [0.2, 0.25) is 15.6 Å². The summed E-state index contributed by atoms with van der Waals surface area (Å²) in [4.78, 5) is 20.1. The summed E-state index contributed by atoms with van der Waals surface area (Å²) in [5, 5.41) is -0.123. The summed E-state index contributed by atoms with van der Waals surface area (Å²) in [6, 6.07) is 0. The van der Waals surface area contributed by atoms with Crippen LogP contribution in [0.15, 0.2) is 4.99 Å². The summed E-state index contributed by atoms with van der Waals surface area (Å²) < 4.78 is 2.35. The van der Waals surface area contributed by atoms with Crippen LogP contribution in [0.4, 0.5) is 0 Å². The molecular formula is C18H38B8N2OS. The van der Waals surface area contributed by atoms with Crippen LogP contribution in [0.1, 0.15) is 45.2 Å². The number of hydrogen-bond donors (Lipinski definition) is 0. The minimum absolute atomic E-state index is 0.00275. The molecule has 1 aromatic heterocycles. The van der Waals surface area contributed by atoms with Gasteiger partial charge in [-0.25, -0.2) is 0 Å². The second kappa shape index (κ2) is 7.06. The van der Waals surface area contributed by atoms with E-state index < -0.39 is 0 Å². The van der Waals surface area contributed by atoms with E-state index >= 15 is 0 Å². The molecule has 0 unspecified atom stereocenters. The molecule has 1 amide bonds. The summed E-state index contributed by atoms with van der Waals surface area (Å²) >= 11 is 1.65. The summed E-state index contributed by atoms with van der Waals surface area (Å²) in [7, 11) is 18.8. The number of aryl methyl sites for hydroxylation is 1. The average Bonchev–Trinajstić information content (AvgIpc) is 2.75. The predicted molar refractivity (Wildman–Crippen MR) is 153 cm³/mol. The van der Waals surface area contributed by atoms with E-state index in [0.717, 1.165) is 4.80 Å². The van der Waals surface area contributed by atoms with Gasteiger partial charge < -0.3 is 4.57 Å². The minimum Gasteiger partial charge on any atom is -0.332 e. The predicted octanol–water partition coefficient (Wildman–Crippen LogP) is -3.68. The van der Waals surface area contributed by atoms with Gasteiger partial charge in [0.05, 0.1) is 53.0 Å². The Hall–Kier alpha value is -0.381. The van der Waals surface area contributed by atoms with Crippen molar-refractivity contribution in [2.75, 3.05) is 0 Å². The van der Waals surface area contributed by atoms with E-state index in [-0.39, 0.29) is 43.6 Å². The molecule has 0 aromatic carbocycles. The van der Waals surface area contributed by atoms with Crippen molar-refractivity contribution in [3.63, 3.8) is 0 Å². The summed E-state index contributed by atoms with van der Waals surface area (Å²) in [5.74, 6) is 0.0204. The number of thiazole rings is 1. The number of hydrogen-bond acceptors (Lipinski definition) is 2. The molecule has 1 fully saturated rings. The molecule has 1 saturated carbocycles. The number of carbonyl (C=O) groups excluding carboxylic acids is 1. The molecule has 2 rings (SSSR count). The van der Waals surface area contributed by atoms with Crippen molar-refractivity contribution in [3.05, 3.63) is 15.4 Å². The summed E-state index contributed by atoms with van der Waals surface area (Å²) in [5.41, 5.74) is 1.22. The van der Waals surface area contributed by atoms with E-state index in [9.17, 15) is 4.79 Å². The van der Waals surface area contributed by atoms with Gasteiger partial charge in [0.2, 0.25) is 0 Å². The van der Waals surface area contributed by atoms with E-state index in [2.05, 4.69) is 116 Å².